The largest absolute Gasteiger partial charge is 0.468 e. The van der Waals surface area contributed by atoms with Crippen molar-refractivity contribution in [2.24, 2.45) is 0 Å². The molecule has 0 aliphatic carbocycles. The monoisotopic (exact) mass is 263 g/mol. The van der Waals surface area contributed by atoms with E-state index >= 15 is 0 Å². The predicted octanol–water partition coefficient (Wildman–Crippen LogP) is 1.73. The van der Waals surface area contributed by atoms with E-state index in [9.17, 15) is 4.79 Å². The first-order valence-electron chi connectivity index (χ1n) is 6.51. The highest BCUT2D eigenvalue weighted by molar-refractivity contribution is 5.78. The number of esters is 1. The summed E-state index contributed by atoms with van der Waals surface area (Å²) in [4.78, 5) is 14.2. The molecule has 1 aromatic carbocycles. The molecule has 0 spiro atoms. The van der Waals surface area contributed by atoms with E-state index in [0.717, 1.165) is 37.2 Å². The predicted molar refractivity (Wildman–Crippen MR) is 68.1 cm³/mol. The molecule has 3 rings (SSSR count). The average Bonchev–Trinajstić information content (AvgIpc) is 3.08. The molecular formula is C14H17NO4. The summed E-state index contributed by atoms with van der Waals surface area (Å²) in [5, 5.41) is 0. The van der Waals surface area contributed by atoms with Crippen LogP contribution in [0.25, 0.3) is 0 Å². The molecule has 0 amide bonds. The van der Waals surface area contributed by atoms with Gasteiger partial charge in [-0.25, -0.2) is 4.79 Å². The maximum Gasteiger partial charge on any atom is 0.327 e. The molecule has 1 saturated heterocycles. The van der Waals surface area contributed by atoms with Crippen molar-refractivity contribution in [3.05, 3.63) is 23.8 Å². The Hall–Kier alpha value is -1.75. The van der Waals surface area contributed by atoms with Gasteiger partial charge in [-0.15, -0.1) is 0 Å². The lowest BCUT2D eigenvalue weighted by molar-refractivity contribution is -0.146. The van der Waals surface area contributed by atoms with Gasteiger partial charge in [-0.2, -0.15) is 0 Å². The van der Waals surface area contributed by atoms with Gasteiger partial charge in [-0.3, -0.25) is 4.90 Å². The Kier molecular flexibility index (Phi) is 3.29. The van der Waals surface area contributed by atoms with E-state index in [4.69, 9.17) is 14.2 Å². The van der Waals surface area contributed by atoms with Crippen molar-refractivity contribution in [1.29, 1.82) is 0 Å². The van der Waals surface area contributed by atoms with E-state index in [-0.39, 0.29) is 18.8 Å². The molecule has 2 heterocycles. The molecule has 1 atom stereocenters. The Morgan fingerprint density at radius 3 is 2.74 bits per heavy atom. The molecule has 1 unspecified atom stereocenters. The number of hydrogen-bond donors (Lipinski definition) is 0. The van der Waals surface area contributed by atoms with E-state index in [1.807, 2.05) is 18.2 Å². The molecule has 0 aromatic heterocycles. The van der Waals surface area contributed by atoms with E-state index < -0.39 is 0 Å². The third kappa shape index (κ3) is 2.26. The number of likely N-dealkylation sites (tertiary alicyclic amines) is 1. The van der Waals surface area contributed by atoms with E-state index in [0.29, 0.717) is 5.75 Å². The Bertz CT molecular complexity index is 482. The Morgan fingerprint density at radius 2 is 2.00 bits per heavy atom. The number of ether oxygens (including phenoxy) is 3. The van der Waals surface area contributed by atoms with Gasteiger partial charge in [0.2, 0.25) is 6.79 Å². The maximum absolute atomic E-state index is 12.1. The highest BCUT2D eigenvalue weighted by Crippen LogP contribution is 2.36. The van der Waals surface area contributed by atoms with Gasteiger partial charge in [0.25, 0.3) is 0 Å². The maximum atomic E-state index is 12.1. The van der Waals surface area contributed by atoms with Crippen molar-refractivity contribution in [3.8, 4) is 11.5 Å². The quantitative estimate of drug-likeness (QED) is 0.777. The number of hydrogen-bond acceptors (Lipinski definition) is 5. The first-order chi connectivity index (χ1) is 9.29. The zero-order valence-corrected chi connectivity index (χ0v) is 10.9. The second-order valence-corrected chi connectivity index (χ2v) is 4.78. The van der Waals surface area contributed by atoms with Gasteiger partial charge in [0.15, 0.2) is 11.5 Å². The van der Waals surface area contributed by atoms with Crippen molar-refractivity contribution in [3.63, 3.8) is 0 Å². The van der Waals surface area contributed by atoms with Gasteiger partial charge in [0, 0.05) is 0 Å². The third-order valence-electron chi connectivity index (χ3n) is 3.64. The van der Waals surface area contributed by atoms with Gasteiger partial charge in [-0.05, 0) is 43.6 Å². The molecule has 2 aliphatic rings. The Labute approximate surface area is 112 Å². The summed E-state index contributed by atoms with van der Waals surface area (Å²) in [6, 6.07) is 5.29. The second-order valence-electron chi connectivity index (χ2n) is 4.78. The minimum Gasteiger partial charge on any atom is -0.468 e. The van der Waals surface area contributed by atoms with Crippen LogP contribution >= 0.6 is 0 Å². The molecule has 0 bridgehead atoms. The standard InChI is InChI=1S/C14H17NO4/c1-17-14(16)13(15-6-2-3-7-15)10-4-5-11-12(8-10)19-9-18-11/h4-5,8,13H,2-3,6-7,9H2,1H3. The zero-order valence-electron chi connectivity index (χ0n) is 10.9. The van der Waals surface area contributed by atoms with Gasteiger partial charge in [0.05, 0.1) is 7.11 Å². The third-order valence-corrected chi connectivity index (χ3v) is 3.64. The van der Waals surface area contributed by atoms with Crippen LogP contribution in [0.4, 0.5) is 0 Å². The summed E-state index contributed by atoms with van der Waals surface area (Å²) in [7, 11) is 1.43. The van der Waals surface area contributed by atoms with Crippen molar-refractivity contribution in [2.75, 3.05) is 27.0 Å². The molecule has 5 nitrogen and oxygen atoms in total. The van der Waals surface area contributed by atoms with E-state index in [1.165, 1.54) is 7.11 Å². The van der Waals surface area contributed by atoms with Crippen molar-refractivity contribution >= 4 is 5.97 Å². The number of fused-ring (bicyclic) bond motifs is 1. The highest BCUT2D eigenvalue weighted by Gasteiger charge is 2.31. The van der Waals surface area contributed by atoms with E-state index in [2.05, 4.69) is 4.90 Å². The van der Waals surface area contributed by atoms with Crippen LogP contribution in [0.3, 0.4) is 0 Å². The number of benzene rings is 1. The molecule has 1 aromatic rings. The smallest absolute Gasteiger partial charge is 0.327 e. The molecule has 102 valence electrons. The van der Waals surface area contributed by atoms with E-state index in [1.54, 1.807) is 0 Å². The molecule has 0 N–H and O–H groups in total. The minimum atomic E-state index is -0.345. The van der Waals surface area contributed by atoms with Crippen molar-refractivity contribution < 1.29 is 19.0 Å². The molecule has 0 radical (unpaired) electrons. The normalized spacial score (nSPS) is 19.4. The fourth-order valence-electron chi connectivity index (χ4n) is 2.69. The van der Waals surface area contributed by atoms with Crippen molar-refractivity contribution in [1.82, 2.24) is 4.90 Å². The van der Waals surface area contributed by atoms with Crippen LogP contribution in [0.15, 0.2) is 18.2 Å². The Balaban J connectivity index is 1.92. The summed E-state index contributed by atoms with van der Waals surface area (Å²) < 4.78 is 15.6. The number of carbonyl (C=O) groups excluding carboxylic acids is 1. The number of carbonyl (C=O) groups is 1. The van der Waals surface area contributed by atoms with Gasteiger partial charge >= 0.3 is 5.97 Å². The van der Waals surface area contributed by atoms with Crippen molar-refractivity contribution in [2.45, 2.75) is 18.9 Å². The second kappa shape index (κ2) is 5.09. The van der Waals surface area contributed by atoms with Crippen LogP contribution < -0.4 is 9.47 Å². The number of rotatable bonds is 3. The van der Waals surface area contributed by atoms with Crippen LogP contribution in [-0.4, -0.2) is 37.9 Å². The molecule has 2 aliphatic heterocycles. The van der Waals surface area contributed by atoms with Crippen LogP contribution in [0.1, 0.15) is 24.4 Å². The lowest BCUT2D eigenvalue weighted by Crippen LogP contribution is -2.32. The van der Waals surface area contributed by atoms with Gasteiger partial charge in [-0.1, -0.05) is 6.07 Å². The molecule has 5 heteroatoms. The Morgan fingerprint density at radius 1 is 1.26 bits per heavy atom. The molecule has 0 saturated carbocycles. The van der Waals surface area contributed by atoms with Gasteiger partial charge < -0.3 is 14.2 Å². The number of methoxy groups -OCH3 is 1. The van der Waals surface area contributed by atoms with Crippen LogP contribution in [-0.2, 0) is 9.53 Å². The lowest BCUT2D eigenvalue weighted by Gasteiger charge is -2.25. The summed E-state index contributed by atoms with van der Waals surface area (Å²) in [5.74, 6) is 1.21. The summed E-state index contributed by atoms with van der Waals surface area (Å²) in [5.41, 5.74) is 0.901. The fourth-order valence-corrected chi connectivity index (χ4v) is 2.69. The number of nitrogens with zero attached hydrogens (tertiary/aromatic N) is 1. The summed E-state index contributed by atoms with van der Waals surface area (Å²) in [6.45, 7) is 2.09. The van der Waals surface area contributed by atoms with Gasteiger partial charge in [0.1, 0.15) is 6.04 Å². The minimum absolute atomic E-state index is 0.222. The average molecular weight is 263 g/mol. The fraction of sp³-hybridized carbons (Fsp3) is 0.500. The highest BCUT2D eigenvalue weighted by atomic mass is 16.7. The first-order valence-corrected chi connectivity index (χ1v) is 6.51. The lowest BCUT2D eigenvalue weighted by atomic mass is 10.0. The van der Waals surface area contributed by atoms with Crippen LogP contribution in [0, 0.1) is 0 Å². The molecular weight excluding hydrogens is 246 g/mol. The van der Waals surface area contributed by atoms with Crippen LogP contribution in [0.5, 0.6) is 11.5 Å². The topological polar surface area (TPSA) is 48.0 Å². The molecule has 19 heavy (non-hydrogen) atoms. The summed E-state index contributed by atoms with van der Waals surface area (Å²) in [6.07, 6.45) is 2.25. The SMILES string of the molecule is COC(=O)C(c1ccc2c(c1)OCO2)N1CCCC1. The zero-order chi connectivity index (χ0) is 13.2. The summed E-state index contributed by atoms with van der Waals surface area (Å²) >= 11 is 0. The molecule has 1 fully saturated rings. The first kappa shape index (κ1) is 12.3. The van der Waals surface area contributed by atoms with Crippen LogP contribution in [0.2, 0.25) is 0 Å².